The number of carbonyl (C=O) groups excluding carboxylic acids is 1. The van der Waals surface area contributed by atoms with Crippen molar-refractivity contribution in [2.75, 3.05) is 46.5 Å². The van der Waals surface area contributed by atoms with Crippen molar-refractivity contribution in [3.05, 3.63) is 51.2 Å². The van der Waals surface area contributed by atoms with Crippen LogP contribution in [0, 0.1) is 0 Å². The Balaban J connectivity index is 1.70. The summed E-state index contributed by atoms with van der Waals surface area (Å²) in [6.07, 6.45) is 1.15. The number of nitrogens with zero attached hydrogens (tertiary/aromatic N) is 2. The summed E-state index contributed by atoms with van der Waals surface area (Å²) >= 11 is 7.70. The van der Waals surface area contributed by atoms with Gasteiger partial charge in [0.05, 0.1) is 25.3 Å². The molecule has 6 nitrogen and oxygen atoms in total. The highest BCUT2D eigenvalue weighted by Crippen LogP contribution is 2.34. The maximum Gasteiger partial charge on any atom is 0.237 e. The van der Waals surface area contributed by atoms with E-state index in [1.807, 2.05) is 21.9 Å². The lowest BCUT2D eigenvalue weighted by atomic mass is 10.0. The molecule has 8 heteroatoms. The molecule has 3 rings (SSSR count). The first-order chi connectivity index (χ1) is 15.0. The van der Waals surface area contributed by atoms with Gasteiger partial charge in [0, 0.05) is 30.1 Å². The quantitative estimate of drug-likeness (QED) is 0.548. The topological polar surface area (TPSA) is 62.2 Å². The predicted octanol–water partition coefficient (Wildman–Crippen LogP) is 3.63. The molecule has 1 amide bonds. The number of hydrogen-bond acceptors (Lipinski definition) is 6. The van der Waals surface area contributed by atoms with Crippen molar-refractivity contribution in [2.24, 2.45) is 0 Å². The van der Waals surface area contributed by atoms with E-state index >= 15 is 0 Å². The predicted molar refractivity (Wildman–Crippen MR) is 124 cm³/mol. The van der Waals surface area contributed by atoms with Gasteiger partial charge < -0.3 is 19.5 Å². The summed E-state index contributed by atoms with van der Waals surface area (Å²) in [6.45, 7) is 4.81. The van der Waals surface area contributed by atoms with Crippen LogP contribution in [0.4, 0.5) is 0 Å². The molecular formula is C23H31ClN2O4S. The Labute approximate surface area is 193 Å². The van der Waals surface area contributed by atoms with Crippen molar-refractivity contribution in [3.63, 3.8) is 0 Å². The zero-order chi connectivity index (χ0) is 22.2. The van der Waals surface area contributed by atoms with Crippen LogP contribution in [0.3, 0.4) is 0 Å². The number of ether oxygens (including phenoxy) is 2. The molecule has 0 unspecified atom stereocenters. The summed E-state index contributed by atoms with van der Waals surface area (Å²) in [7, 11) is 1.57. The van der Waals surface area contributed by atoms with Gasteiger partial charge >= 0.3 is 0 Å². The van der Waals surface area contributed by atoms with E-state index < -0.39 is 6.10 Å². The molecule has 1 aromatic heterocycles. The number of fused-ring (bicyclic) bond motifs is 1. The molecule has 170 valence electrons. The summed E-state index contributed by atoms with van der Waals surface area (Å²) in [5.74, 6) is 0.786. The van der Waals surface area contributed by atoms with Crippen LogP contribution in [0.2, 0.25) is 5.02 Å². The van der Waals surface area contributed by atoms with Gasteiger partial charge in [0.1, 0.15) is 12.4 Å². The van der Waals surface area contributed by atoms with Crippen LogP contribution in [0.1, 0.15) is 29.8 Å². The molecule has 0 aliphatic carbocycles. The number of halogens is 1. The summed E-state index contributed by atoms with van der Waals surface area (Å²) in [6, 6.07) is 9.24. The normalized spacial score (nSPS) is 16.9. The lowest BCUT2D eigenvalue weighted by Gasteiger charge is -2.37. The molecule has 0 spiro atoms. The summed E-state index contributed by atoms with van der Waals surface area (Å²) < 4.78 is 11.1. The van der Waals surface area contributed by atoms with Gasteiger partial charge in [-0.05, 0) is 60.7 Å². The number of thiophene rings is 1. The lowest BCUT2D eigenvalue weighted by molar-refractivity contribution is -0.136. The van der Waals surface area contributed by atoms with E-state index in [0.717, 1.165) is 25.1 Å². The van der Waals surface area contributed by atoms with Crippen molar-refractivity contribution in [3.8, 4) is 5.75 Å². The number of rotatable bonds is 11. The third-order valence-electron chi connectivity index (χ3n) is 5.36. The fourth-order valence-electron chi connectivity index (χ4n) is 3.96. The van der Waals surface area contributed by atoms with E-state index in [9.17, 15) is 9.90 Å². The van der Waals surface area contributed by atoms with Gasteiger partial charge in [-0.25, -0.2) is 0 Å². The molecule has 1 aromatic carbocycles. The molecule has 1 aliphatic heterocycles. The van der Waals surface area contributed by atoms with E-state index in [0.29, 0.717) is 24.7 Å². The third kappa shape index (κ3) is 6.67. The molecule has 2 aromatic rings. The van der Waals surface area contributed by atoms with Crippen LogP contribution in [0.15, 0.2) is 35.7 Å². The van der Waals surface area contributed by atoms with E-state index in [-0.39, 0.29) is 25.1 Å². The zero-order valence-electron chi connectivity index (χ0n) is 18.1. The van der Waals surface area contributed by atoms with Gasteiger partial charge in [-0.3, -0.25) is 9.69 Å². The molecule has 1 N–H and O–H groups in total. The number of aliphatic hydroxyl groups excluding tert-OH is 1. The Kier molecular flexibility index (Phi) is 9.16. The van der Waals surface area contributed by atoms with E-state index in [1.165, 1.54) is 10.4 Å². The number of hydrogen-bond donors (Lipinski definition) is 1. The van der Waals surface area contributed by atoms with Crippen molar-refractivity contribution in [1.82, 2.24) is 9.80 Å². The monoisotopic (exact) mass is 466 g/mol. The fourth-order valence-corrected chi connectivity index (χ4v) is 5.01. The molecule has 2 heterocycles. The van der Waals surface area contributed by atoms with Crippen molar-refractivity contribution < 1.29 is 19.4 Å². The fraction of sp³-hybridized carbons (Fsp3) is 0.522. The number of carbonyl (C=O) groups is 1. The van der Waals surface area contributed by atoms with Crippen LogP contribution in [-0.2, 0) is 16.0 Å². The largest absolute Gasteiger partial charge is 0.491 e. The minimum Gasteiger partial charge on any atom is -0.491 e. The van der Waals surface area contributed by atoms with Crippen molar-refractivity contribution >= 4 is 28.8 Å². The Morgan fingerprint density at radius 3 is 2.84 bits per heavy atom. The van der Waals surface area contributed by atoms with Crippen LogP contribution in [0.5, 0.6) is 5.75 Å². The smallest absolute Gasteiger partial charge is 0.237 e. The van der Waals surface area contributed by atoms with Gasteiger partial charge in [-0.1, -0.05) is 18.5 Å². The second-order valence-corrected chi connectivity index (χ2v) is 9.20. The van der Waals surface area contributed by atoms with E-state index in [4.69, 9.17) is 21.1 Å². The minimum absolute atomic E-state index is 0.0552. The zero-order valence-corrected chi connectivity index (χ0v) is 19.7. The molecule has 1 aliphatic rings. The minimum atomic E-state index is -0.613. The molecule has 0 fully saturated rings. The maximum absolute atomic E-state index is 13.3. The summed E-state index contributed by atoms with van der Waals surface area (Å²) in [4.78, 5) is 18.6. The number of aliphatic hydroxyl groups is 1. The van der Waals surface area contributed by atoms with Crippen LogP contribution >= 0.6 is 22.9 Å². The first-order valence-corrected chi connectivity index (χ1v) is 11.9. The highest BCUT2D eigenvalue weighted by Gasteiger charge is 2.33. The Morgan fingerprint density at radius 2 is 2.13 bits per heavy atom. The SMILES string of the molecule is CCCN(CC(=O)N1CCc2sccc2[C@@H]1COc1ccc(Cl)cc1)C[C@@H](O)COC. The second-order valence-electron chi connectivity index (χ2n) is 7.76. The third-order valence-corrected chi connectivity index (χ3v) is 6.61. The van der Waals surface area contributed by atoms with Crippen molar-refractivity contribution in [2.45, 2.75) is 31.9 Å². The van der Waals surface area contributed by atoms with E-state index in [2.05, 4.69) is 18.4 Å². The Bertz CT molecular complexity index is 829. The molecule has 31 heavy (non-hydrogen) atoms. The van der Waals surface area contributed by atoms with Gasteiger partial charge in [0.2, 0.25) is 5.91 Å². The van der Waals surface area contributed by atoms with Crippen LogP contribution in [-0.4, -0.2) is 73.4 Å². The van der Waals surface area contributed by atoms with Gasteiger partial charge in [0.25, 0.3) is 0 Å². The van der Waals surface area contributed by atoms with Gasteiger partial charge in [-0.15, -0.1) is 11.3 Å². The average molecular weight is 467 g/mol. The molecule has 0 saturated heterocycles. The van der Waals surface area contributed by atoms with E-state index in [1.54, 1.807) is 30.6 Å². The van der Waals surface area contributed by atoms with Gasteiger partial charge in [-0.2, -0.15) is 0 Å². The molecule has 0 radical (unpaired) electrons. The second kappa shape index (κ2) is 11.8. The molecular weight excluding hydrogens is 436 g/mol. The summed E-state index contributed by atoms with van der Waals surface area (Å²) in [5, 5.41) is 12.9. The van der Waals surface area contributed by atoms with Crippen LogP contribution < -0.4 is 4.74 Å². The highest BCUT2D eigenvalue weighted by molar-refractivity contribution is 7.10. The lowest BCUT2D eigenvalue weighted by Crippen LogP contribution is -2.48. The molecule has 2 atom stereocenters. The number of methoxy groups -OCH3 is 1. The summed E-state index contributed by atoms with van der Waals surface area (Å²) in [5.41, 5.74) is 1.17. The first-order valence-electron chi connectivity index (χ1n) is 10.6. The first kappa shape index (κ1) is 24.0. The standard InChI is InChI=1S/C23H31ClN2O4S/c1-3-10-25(13-18(27)15-29-2)14-23(28)26-11-8-22-20(9-12-31-22)21(26)16-30-19-6-4-17(24)5-7-19/h4-7,9,12,18,21,27H,3,8,10-11,13-16H2,1-2H3/t18-,21+/m1/s1. The average Bonchev–Trinajstić information content (AvgIpc) is 3.22. The van der Waals surface area contributed by atoms with Crippen LogP contribution in [0.25, 0.3) is 0 Å². The highest BCUT2D eigenvalue weighted by atomic mass is 35.5. The maximum atomic E-state index is 13.3. The molecule has 0 bridgehead atoms. The Morgan fingerprint density at radius 1 is 1.35 bits per heavy atom. The number of amides is 1. The molecule has 0 saturated carbocycles. The Hall–Kier alpha value is -1.64. The van der Waals surface area contributed by atoms with Crippen molar-refractivity contribution in [1.29, 1.82) is 0 Å². The number of benzene rings is 1. The van der Waals surface area contributed by atoms with Gasteiger partial charge in [0.15, 0.2) is 0 Å².